The Morgan fingerprint density at radius 1 is 1.12 bits per heavy atom. The Kier molecular flexibility index (Phi) is 10.3. The fourth-order valence-corrected chi connectivity index (χ4v) is 3.04. The standard InChI is InChI=1S/C24H28ClN3O6/c1-5-33-21(29)14-34-19-10-9-16(11-20(19)32-4)13-26-28-24(31)22(15(2)3)27-23(30)17-7-6-8-18(25)12-17/h6-13,15,22H,5,14H2,1-4H3,(H,27,30)(H,28,31). The molecule has 0 fully saturated rings. The first-order valence-electron chi connectivity index (χ1n) is 10.6. The van der Waals surface area contributed by atoms with Crippen LogP contribution in [0.3, 0.4) is 0 Å². The average Bonchev–Trinajstić information content (AvgIpc) is 2.81. The van der Waals surface area contributed by atoms with Gasteiger partial charge in [0.1, 0.15) is 6.04 Å². The third-order valence-electron chi connectivity index (χ3n) is 4.55. The lowest BCUT2D eigenvalue weighted by Crippen LogP contribution is -2.48. The smallest absolute Gasteiger partial charge is 0.344 e. The van der Waals surface area contributed by atoms with Crippen molar-refractivity contribution in [2.75, 3.05) is 20.3 Å². The van der Waals surface area contributed by atoms with Crippen molar-refractivity contribution in [3.05, 3.63) is 58.6 Å². The summed E-state index contributed by atoms with van der Waals surface area (Å²) in [6, 6.07) is 10.6. The largest absolute Gasteiger partial charge is 0.493 e. The summed E-state index contributed by atoms with van der Waals surface area (Å²) in [4.78, 5) is 36.6. The van der Waals surface area contributed by atoms with Crippen molar-refractivity contribution >= 4 is 35.6 Å². The normalized spacial score (nSPS) is 11.7. The Labute approximate surface area is 203 Å². The van der Waals surface area contributed by atoms with Crippen LogP contribution in [0.2, 0.25) is 5.02 Å². The van der Waals surface area contributed by atoms with Gasteiger partial charge >= 0.3 is 5.97 Å². The predicted octanol–water partition coefficient (Wildman–Crippen LogP) is 3.20. The molecule has 0 saturated carbocycles. The van der Waals surface area contributed by atoms with E-state index in [1.165, 1.54) is 19.4 Å². The van der Waals surface area contributed by atoms with E-state index in [0.29, 0.717) is 27.6 Å². The fraction of sp³-hybridized carbons (Fsp3) is 0.333. The minimum absolute atomic E-state index is 0.186. The van der Waals surface area contributed by atoms with E-state index in [2.05, 4.69) is 15.8 Å². The van der Waals surface area contributed by atoms with Crippen LogP contribution in [0.1, 0.15) is 36.7 Å². The van der Waals surface area contributed by atoms with E-state index in [1.807, 2.05) is 13.8 Å². The summed E-state index contributed by atoms with van der Waals surface area (Å²) in [5.41, 5.74) is 3.41. The molecule has 0 aliphatic carbocycles. The van der Waals surface area contributed by atoms with Gasteiger partial charge in [-0.25, -0.2) is 10.2 Å². The van der Waals surface area contributed by atoms with Gasteiger partial charge in [-0.15, -0.1) is 0 Å². The maximum Gasteiger partial charge on any atom is 0.344 e. The van der Waals surface area contributed by atoms with Gasteiger partial charge < -0.3 is 19.5 Å². The van der Waals surface area contributed by atoms with Crippen molar-refractivity contribution in [1.29, 1.82) is 0 Å². The minimum Gasteiger partial charge on any atom is -0.493 e. The van der Waals surface area contributed by atoms with Gasteiger partial charge in [0.25, 0.3) is 11.8 Å². The molecule has 2 amide bonds. The number of nitrogens with zero attached hydrogens (tertiary/aromatic N) is 1. The van der Waals surface area contributed by atoms with E-state index in [1.54, 1.807) is 43.3 Å². The van der Waals surface area contributed by atoms with E-state index in [-0.39, 0.29) is 19.1 Å². The molecular formula is C24H28ClN3O6. The molecule has 10 heteroatoms. The highest BCUT2D eigenvalue weighted by Crippen LogP contribution is 2.27. The third-order valence-corrected chi connectivity index (χ3v) is 4.78. The first-order chi connectivity index (χ1) is 16.2. The highest BCUT2D eigenvalue weighted by molar-refractivity contribution is 6.31. The monoisotopic (exact) mass is 489 g/mol. The molecule has 0 radical (unpaired) electrons. The van der Waals surface area contributed by atoms with Crippen LogP contribution in [0.15, 0.2) is 47.6 Å². The molecule has 0 aromatic heterocycles. The lowest BCUT2D eigenvalue weighted by molar-refractivity contribution is -0.145. The van der Waals surface area contributed by atoms with Crippen molar-refractivity contribution in [2.45, 2.75) is 26.8 Å². The van der Waals surface area contributed by atoms with Crippen molar-refractivity contribution < 1.29 is 28.6 Å². The SMILES string of the molecule is CCOC(=O)COc1ccc(C=NNC(=O)C(NC(=O)c2cccc(Cl)c2)C(C)C)cc1OC. The van der Waals surface area contributed by atoms with E-state index in [0.717, 1.165) is 0 Å². The molecule has 2 N–H and O–H groups in total. The summed E-state index contributed by atoms with van der Waals surface area (Å²) >= 11 is 5.94. The number of nitrogens with one attached hydrogen (secondary N) is 2. The molecule has 1 atom stereocenters. The van der Waals surface area contributed by atoms with Crippen molar-refractivity contribution in [2.24, 2.45) is 11.0 Å². The van der Waals surface area contributed by atoms with Gasteiger partial charge in [-0.2, -0.15) is 5.10 Å². The summed E-state index contributed by atoms with van der Waals surface area (Å²) in [7, 11) is 1.46. The Balaban J connectivity index is 2.00. The number of hydrogen-bond acceptors (Lipinski definition) is 7. The molecular weight excluding hydrogens is 462 g/mol. The zero-order valence-corrected chi connectivity index (χ0v) is 20.2. The second-order valence-electron chi connectivity index (χ2n) is 7.44. The Morgan fingerprint density at radius 3 is 2.53 bits per heavy atom. The molecule has 0 bridgehead atoms. The Bertz CT molecular complexity index is 1040. The molecule has 0 saturated heterocycles. The minimum atomic E-state index is -0.808. The first-order valence-corrected chi connectivity index (χ1v) is 11.0. The number of hydrazone groups is 1. The van der Waals surface area contributed by atoms with Crippen LogP contribution in [0.25, 0.3) is 0 Å². The van der Waals surface area contributed by atoms with Gasteiger partial charge in [-0.1, -0.05) is 31.5 Å². The number of hydrogen-bond donors (Lipinski definition) is 2. The van der Waals surface area contributed by atoms with Crippen LogP contribution >= 0.6 is 11.6 Å². The van der Waals surface area contributed by atoms with Crippen LogP contribution in [0.5, 0.6) is 11.5 Å². The number of rotatable bonds is 11. The maximum atomic E-state index is 12.6. The molecule has 2 aromatic carbocycles. The molecule has 2 rings (SSSR count). The number of carbonyl (C=O) groups excluding carboxylic acids is 3. The van der Waals surface area contributed by atoms with Crippen molar-refractivity contribution in [3.8, 4) is 11.5 Å². The molecule has 9 nitrogen and oxygen atoms in total. The van der Waals surface area contributed by atoms with Crippen molar-refractivity contribution in [1.82, 2.24) is 10.7 Å². The van der Waals surface area contributed by atoms with E-state index >= 15 is 0 Å². The van der Waals surface area contributed by atoms with Crippen LogP contribution in [0.4, 0.5) is 0 Å². The number of carbonyl (C=O) groups is 3. The van der Waals surface area contributed by atoms with E-state index in [4.69, 9.17) is 25.8 Å². The summed E-state index contributed by atoms with van der Waals surface area (Å²) in [5.74, 6) is -0.811. The van der Waals surface area contributed by atoms with Gasteiger partial charge in [0, 0.05) is 10.6 Å². The average molecular weight is 490 g/mol. The summed E-state index contributed by atoms with van der Waals surface area (Å²) in [6.45, 7) is 5.35. The van der Waals surface area contributed by atoms with Crippen LogP contribution in [0, 0.1) is 5.92 Å². The summed E-state index contributed by atoms with van der Waals surface area (Å²) in [6.07, 6.45) is 1.42. The zero-order chi connectivity index (χ0) is 25.1. The molecule has 0 heterocycles. The highest BCUT2D eigenvalue weighted by Gasteiger charge is 2.24. The molecule has 0 aliphatic heterocycles. The third kappa shape index (κ3) is 8.08. The number of amides is 2. The van der Waals surface area contributed by atoms with E-state index in [9.17, 15) is 14.4 Å². The molecule has 2 aromatic rings. The van der Waals surface area contributed by atoms with E-state index < -0.39 is 23.8 Å². The van der Waals surface area contributed by atoms with Gasteiger partial charge in [0.2, 0.25) is 0 Å². The molecule has 0 aliphatic rings. The predicted molar refractivity (Wildman–Crippen MR) is 128 cm³/mol. The van der Waals surface area contributed by atoms with Gasteiger partial charge in [-0.05, 0) is 54.8 Å². The number of methoxy groups -OCH3 is 1. The number of ether oxygens (including phenoxy) is 3. The van der Waals surface area contributed by atoms with Crippen LogP contribution in [-0.2, 0) is 14.3 Å². The Hall–Kier alpha value is -3.59. The topological polar surface area (TPSA) is 115 Å². The van der Waals surface area contributed by atoms with Gasteiger partial charge in [0.05, 0.1) is 19.9 Å². The van der Waals surface area contributed by atoms with Crippen molar-refractivity contribution in [3.63, 3.8) is 0 Å². The first kappa shape index (κ1) is 26.7. The maximum absolute atomic E-state index is 12.6. The summed E-state index contributed by atoms with van der Waals surface area (Å²) in [5, 5.41) is 7.11. The van der Waals surface area contributed by atoms with Gasteiger partial charge in [-0.3, -0.25) is 9.59 Å². The fourth-order valence-electron chi connectivity index (χ4n) is 2.85. The lowest BCUT2D eigenvalue weighted by atomic mass is 10.0. The van der Waals surface area contributed by atoms with Crippen LogP contribution < -0.4 is 20.2 Å². The lowest BCUT2D eigenvalue weighted by Gasteiger charge is -2.20. The molecule has 34 heavy (non-hydrogen) atoms. The number of benzene rings is 2. The summed E-state index contributed by atoms with van der Waals surface area (Å²) < 4.78 is 15.5. The number of esters is 1. The highest BCUT2D eigenvalue weighted by atomic mass is 35.5. The Morgan fingerprint density at radius 2 is 1.88 bits per heavy atom. The van der Waals surface area contributed by atoms with Gasteiger partial charge in [0.15, 0.2) is 18.1 Å². The zero-order valence-electron chi connectivity index (χ0n) is 19.5. The quantitative estimate of drug-likeness (QED) is 0.284. The molecule has 1 unspecified atom stereocenters. The molecule has 182 valence electrons. The number of halogens is 1. The van der Waals surface area contributed by atoms with Crippen LogP contribution in [-0.4, -0.2) is 50.4 Å². The second-order valence-corrected chi connectivity index (χ2v) is 7.88. The molecule has 0 spiro atoms. The second kappa shape index (κ2) is 13.2.